The Bertz CT molecular complexity index is 724. The molecule has 0 amide bonds. The monoisotopic (exact) mass is 258 g/mol. The highest BCUT2D eigenvalue weighted by Crippen LogP contribution is 2.18. The first-order valence-electron chi connectivity index (χ1n) is 5.32. The van der Waals surface area contributed by atoms with Crippen LogP contribution in [0.1, 0.15) is 0 Å². The van der Waals surface area contributed by atoms with Gasteiger partial charge in [-0.05, 0) is 6.07 Å². The summed E-state index contributed by atoms with van der Waals surface area (Å²) in [5, 5.41) is 4.13. The molecule has 0 aliphatic heterocycles. The Hall–Kier alpha value is -2.28. The molecule has 3 aromatic heterocycles. The standard InChI is InChI=1S/C11H10N6S/c1-17-6-7(5-14-17)8-4-9(18)16-11(15-8)10-12-2-3-13-10/h2-6H,1H3,(H,12,13)(H,15,16,18). The fourth-order valence-electron chi connectivity index (χ4n) is 1.68. The average molecular weight is 258 g/mol. The molecule has 0 unspecified atom stereocenters. The van der Waals surface area contributed by atoms with E-state index in [-0.39, 0.29) is 0 Å². The Labute approximate surface area is 108 Å². The van der Waals surface area contributed by atoms with Crippen LogP contribution in [-0.2, 0) is 7.05 Å². The number of aromatic amines is 2. The normalized spacial score (nSPS) is 10.7. The number of imidazole rings is 1. The minimum Gasteiger partial charge on any atom is -0.342 e. The summed E-state index contributed by atoms with van der Waals surface area (Å²) in [4.78, 5) is 14.6. The van der Waals surface area contributed by atoms with Crippen LogP contribution in [0.15, 0.2) is 30.9 Å². The molecule has 0 saturated heterocycles. The molecule has 2 N–H and O–H groups in total. The molecular weight excluding hydrogens is 248 g/mol. The topological polar surface area (TPSA) is 75.2 Å². The summed E-state index contributed by atoms with van der Waals surface area (Å²) < 4.78 is 2.25. The predicted octanol–water partition coefficient (Wildman–Crippen LogP) is 1.93. The van der Waals surface area contributed by atoms with E-state index in [4.69, 9.17) is 12.2 Å². The molecule has 7 heteroatoms. The molecule has 0 fully saturated rings. The Morgan fingerprint density at radius 2 is 2.22 bits per heavy atom. The number of nitrogens with zero attached hydrogens (tertiary/aromatic N) is 4. The summed E-state index contributed by atoms with van der Waals surface area (Å²) in [6.45, 7) is 0. The van der Waals surface area contributed by atoms with Gasteiger partial charge in [0.1, 0.15) is 4.64 Å². The lowest BCUT2D eigenvalue weighted by Crippen LogP contribution is -1.93. The zero-order valence-electron chi connectivity index (χ0n) is 9.58. The van der Waals surface area contributed by atoms with Gasteiger partial charge < -0.3 is 9.97 Å². The molecule has 18 heavy (non-hydrogen) atoms. The van der Waals surface area contributed by atoms with Gasteiger partial charge in [-0.15, -0.1) is 0 Å². The number of hydrogen-bond donors (Lipinski definition) is 2. The lowest BCUT2D eigenvalue weighted by atomic mass is 10.2. The minimum atomic E-state index is 0.513. The fraction of sp³-hybridized carbons (Fsp3) is 0.0909. The molecule has 0 atom stereocenters. The Balaban J connectivity index is 2.15. The van der Waals surface area contributed by atoms with Gasteiger partial charge in [-0.25, -0.2) is 9.97 Å². The molecule has 3 rings (SSSR count). The molecule has 6 nitrogen and oxygen atoms in total. The summed E-state index contributed by atoms with van der Waals surface area (Å²) >= 11 is 5.17. The highest BCUT2D eigenvalue weighted by atomic mass is 32.1. The second-order valence-electron chi connectivity index (χ2n) is 3.82. The van der Waals surface area contributed by atoms with Crippen LogP contribution in [-0.4, -0.2) is 29.7 Å². The predicted molar refractivity (Wildman–Crippen MR) is 69.2 cm³/mol. The Morgan fingerprint density at radius 3 is 2.89 bits per heavy atom. The van der Waals surface area contributed by atoms with E-state index in [1.165, 1.54) is 0 Å². The van der Waals surface area contributed by atoms with Gasteiger partial charge in [0.25, 0.3) is 0 Å². The van der Waals surface area contributed by atoms with Gasteiger partial charge in [-0.2, -0.15) is 5.10 Å². The zero-order chi connectivity index (χ0) is 12.5. The largest absolute Gasteiger partial charge is 0.342 e. The molecule has 3 heterocycles. The molecule has 0 bridgehead atoms. The quantitative estimate of drug-likeness (QED) is 0.689. The molecule has 0 aromatic carbocycles. The van der Waals surface area contributed by atoms with Crippen molar-refractivity contribution in [3.63, 3.8) is 0 Å². The number of rotatable bonds is 2. The first kappa shape index (κ1) is 10.8. The van der Waals surface area contributed by atoms with E-state index in [0.717, 1.165) is 11.3 Å². The van der Waals surface area contributed by atoms with Crippen molar-refractivity contribution >= 4 is 12.2 Å². The van der Waals surface area contributed by atoms with Crippen LogP contribution < -0.4 is 0 Å². The first-order chi connectivity index (χ1) is 8.72. The average Bonchev–Trinajstić information content (AvgIpc) is 2.98. The second kappa shape index (κ2) is 4.19. The highest BCUT2D eigenvalue weighted by molar-refractivity contribution is 7.71. The van der Waals surface area contributed by atoms with Gasteiger partial charge in [0, 0.05) is 31.2 Å². The fourth-order valence-corrected chi connectivity index (χ4v) is 1.89. The molecule has 0 radical (unpaired) electrons. The van der Waals surface area contributed by atoms with E-state index in [1.54, 1.807) is 29.3 Å². The van der Waals surface area contributed by atoms with Crippen LogP contribution in [0.5, 0.6) is 0 Å². The van der Waals surface area contributed by atoms with Gasteiger partial charge >= 0.3 is 0 Å². The van der Waals surface area contributed by atoms with Crippen LogP contribution in [0.2, 0.25) is 0 Å². The summed E-state index contributed by atoms with van der Waals surface area (Å²) in [5.74, 6) is 1.28. The third-order valence-corrected chi connectivity index (χ3v) is 2.69. The van der Waals surface area contributed by atoms with Crippen molar-refractivity contribution in [2.24, 2.45) is 7.05 Å². The van der Waals surface area contributed by atoms with E-state index in [9.17, 15) is 0 Å². The Kier molecular flexibility index (Phi) is 2.52. The number of aromatic nitrogens is 6. The molecule has 3 aromatic rings. The lowest BCUT2D eigenvalue weighted by Gasteiger charge is -2.01. The van der Waals surface area contributed by atoms with Crippen LogP contribution in [0, 0.1) is 4.64 Å². The van der Waals surface area contributed by atoms with Gasteiger partial charge in [-0.3, -0.25) is 4.68 Å². The van der Waals surface area contributed by atoms with Crippen LogP contribution in [0.3, 0.4) is 0 Å². The first-order valence-corrected chi connectivity index (χ1v) is 5.73. The van der Waals surface area contributed by atoms with E-state index < -0.39 is 0 Å². The smallest absolute Gasteiger partial charge is 0.175 e. The van der Waals surface area contributed by atoms with Crippen molar-refractivity contribution in [1.29, 1.82) is 0 Å². The van der Waals surface area contributed by atoms with E-state index in [1.807, 2.05) is 13.2 Å². The Morgan fingerprint density at radius 1 is 1.33 bits per heavy atom. The van der Waals surface area contributed by atoms with E-state index >= 15 is 0 Å². The maximum absolute atomic E-state index is 5.17. The third kappa shape index (κ3) is 1.95. The summed E-state index contributed by atoms with van der Waals surface area (Å²) in [6.07, 6.45) is 7.09. The van der Waals surface area contributed by atoms with Crippen molar-refractivity contribution < 1.29 is 0 Å². The van der Waals surface area contributed by atoms with Crippen LogP contribution >= 0.6 is 12.2 Å². The van der Waals surface area contributed by atoms with Crippen molar-refractivity contribution in [2.45, 2.75) is 0 Å². The molecule has 0 aliphatic rings. The number of aryl methyl sites for hydroxylation is 1. The van der Waals surface area contributed by atoms with Crippen molar-refractivity contribution in [1.82, 2.24) is 29.7 Å². The van der Waals surface area contributed by atoms with Crippen molar-refractivity contribution in [3.8, 4) is 22.9 Å². The second-order valence-corrected chi connectivity index (χ2v) is 4.24. The third-order valence-electron chi connectivity index (χ3n) is 2.48. The van der Waals surface area contributed by atoms with E-state index in [2.05, 4.69) is 25.0 Å². The molecule has 90 valence electrons. The lowest BCUT2D eigenvalue weighted by molar-refractivity contribution is 0.768. The van der Waals surface area contributed by atoms with Gasteiger partial charge in [0.05, 0.1) is 11.9 Å². The zero-order valence-corrected chi connectivity index (χ0v) is 10.4. The molecule has 0 aliphatic carbocycles. The van der Waals surface area contributed by atoms with Gasteiger partial charge in [-0.1, -0.05) is 12.2 Å². The number of hydrogen-bond acceptors (Lipinski definition) is 4. The SMILES string of the molecule is Cn1cc(-c2cc(=S)nc(-c3ncc[nH]3)[nH]2)cn1. The maximum Gasteiger partial charge on any atom is 0.175 e. The van der Waals surface area contributed by atoms with Crippen LogP contribution in [0.4, 0.5) is 0 Å². The maximum atomic E-state index is 5.17. The van der Waals surface area contributed by atoms with E-state index in [0.29, 0.717) is 16.3 Å². The number of nitrogens with one attached hydrogen (secondary N) is 2. The summed E-state index contributed by atoms with van der Waals surface area (Å²) in [6, 6.07) is 1.80. The van der Waals surface area contributed by atoms with Crippen molar-refractivity contribution in [2.75, 3.05) is 0 Å². The molecule has 0 spiro atoms. The van der Waals surface area contributed by atoms with Crippen molar-refractivity contribution in [3.05, 3.63) is 35.5 Å². The van der Waals surface area contributed by atoms with Gasteiger partial charge in [0.15, 0.2) is 11.6 Å². The van der Waals surface area contributed by atoms with Gasteiger partial charge in [0.2, 0.25) is 0 Å². The highest BCUT2D eigenvalue weighted by Gasteiger charge is 2.07. The summed E-state index contributed by atoms with van der Waals surface area (Å²) in [5.41, 5.74) is 1.83. The summed E-state index contributed by atoms with van der Waals surface area (Å²) in [7, 11) is 1.87. The van der Waals surface area contributed by atoms with Crippen LogP contribution in [0.25, 0.3) is 22.9 Å². The molecule has 0 saturated carbocycles. The molecular formula is C11H10N6S. The minimum absolute atomic E-state index is 0.513. The number of H-pyrrole nitrogens is 2.